The number of nitrogens with zero attached hydrogens (tertiary/aromatic N) is 2. The lowest BCUT2D eigenvalue weighted by Crippen LogP contribution is -2.37. The predicted molar refractivity (Wildman–Crippen MR) is 95.6 cm³/mol. The smallest absolute Gasteiger partial charge is 0.339 e. The van der Waals surface area contributed by atoms with Crippen LogP contribution >= 0.6 is 0 Å². The molecule has 0 saturated heterocycles. The van der Waals surface area contributed by atoms with Gasteiger partial charge >= 0.3 is 5.97 Å². The molecule has 0 heterocycles. The highest BCUT2D eigenvalue weighted by molar-refractivity contribution is 6.05. The number of amides is 2. The summed E-state index contributed by atoms with van der Waals surface area (Å²) < 4.78 is 4.69. The first kappa shape index (κ1) is 18.7. The first-order chi connectivity index (χ1) is 12.5. The molecule has 7 nitrogen and oxygen atoms in total. The van der Waals surface area contributed by atoms with Gasteiger partial charge in [-0.1, -0.05) is 18.2 Å². The number of methoxy groups -OCH3 is 1. The number of anilines is 2. The molecule has 2 aromatic carbocycles. The largest absolute Gasteiger partial charge is 0.465 e. The predicted octanol–water partition coefficient (Wildman–Crippen LogP) is 2.34. The van der Waals surface area contributed by atoms with Crippen LogP contribution < -0.4 is 10.2 Å². The molecule has 7 heteroatoms. The van der Waals surface area contributed by atoms with Crippen LogP contribution in [0.5, 0.6) is 0 Å². The lowest BCUT2D eigenvalue weighted by atomic mass is 10.1. The Balaban J connectivity index is 2.21. The molecule has 0 unspecified atom stereocenters. The fourth-order valence-corrected chi connectivity index (χ4v) is 2.34. The van der Waals surface area contributed by atoms with Gasteiger partial charge in [-0.25, -0.2) is 4.79 Å². The van der Waals surface area contributed by atoms with Gasteiger partial charge in [0.2, 0.25) is 11.8 Å². The highest BCUT2D eigenvalue weighted by Gasteiger charge is 2.18. The third kappa shape index (κ3) is 4.45. The molecule has 0 fully saturated rings. The van der Waals surface area contributed by atoms with Crippen molar-refractivity contribution in [1.29, 1.82) is 5.26 Å². The summed E-state index contributed by atoms with van der Waals surface area (Å²) in [6.45, 7) is 1.06. The number of nitrogens with one attached hydrogen (secondary N) is 1. The van der Waals surface area contributed by atoms with Crippen molar-refractivity contribution in [2.24, 2.45) is 0 Å². The Kier molecular flexibility index (Phi) is 6.06. The molecule has 0 aliphatic rings. The Morgan fingerprint density at radius 3 is 2.54 bits per heavy atom. The van der Waals surface area contributed by atoms with Gasteiger partial charge in [-0.2, -0.15) is 5.26 Å². The standard InChI is InChI=1S/C19H17N3O4/c1-13(23)22(15-7-5-6-14(10-15)11-20)12-18(24)21-17-9-4-3-8-16(17)19(25)26-2/h3-10H,12H2,1-2H3,(H,21,24). The van der Waals surface area contributed by atoms with Gasteiger partial charge in [0, 0.05) is 12.6 Å². The van der Waals surface area contributed by atoms with E-state index in [-0.39, 0.29) is 18.0 Å². The quantitative estimate of drug-likeness (QED) is 0.834. The highest BCUT2D eigenvalue weighted by Crippen LogP contribution is 2.18. The normalized spacial score (nSPS) is 9.73. The lowest BCUT2D eigenvalue weighted by molar-refractivity contribution is -0.120. The van der Waals surface area contributed by atoms with E-state index >= 15 is 0 Å². The van der Waals surface area contributed by atoms with Gasteiger partial charge in [0.05, 0.1) is 30.0 Å². The van der Waals surface area contributed by atoms with E-state index in [0.29, 0.717) is 16.9 Å². The number of benzene rings is 2. The zero-order valence-corrected chi connectivity index (χ0v) is 14.4. The third-order valence-corrected chi connectivity index (χ3v) is 3.58. The summed E-state index contributed by atoms with van der Waals surface area (Å²) in [7, 11) is 1.25. The number of carbonyl (C=O) groups excluding carboxylic acids is 3. The summed E-state index contributed by atoms with van der Waals surface area (Å²) in [5.74, 6) is -1.42. The molecule has 0 saturated carbocycles. The van der Waals surface area contributed by atoms with Gasteiger partial charge < -0.3 is 15.0 Å². The van der Waals surface area contributed by atoms with Gasteiger partial charge in [-0.05, 0) is 30.3 Å². The van der Waals surface area contributed by atoms with E-state index in [1.54, 1.807) is 36.4 Å². The van der Waals surface area contributed by atoms with Crippen molar-refractivity contribution in [3.05, 3.63) is 59.7 Å². The fraction of sp³-hybridized carbons (Fsp3) is 0.158. The maximum atomic E-state index is 12.4. The molecule has 132 valence electrons. The Morgan fingerprint density at radius 2 is 1.88 bits per heavy atom. The van der Waals surface area contributed by atoms with Crippen LogP contribution in [0.25, 0.3) is 0 Å². The second kappa shape index (κ2) is 8.44. The second-order valence-corrected chi connectivity index (χ2v) is 5.35. The Hall–Kier alpha value is -3.66. The van der Waals surface area contributed by atoms with Crippen molar-refractivity contribution >= 4 is 29.2 Å². The Bertz CT molecular complexity index is 886. The van der Waals surface area contributed by atoms with Crippen LogP contribution in [-0.2, 0) is 14.3 Å². The van der Waals surface area contributed by atoms with Crippen molar-refractivity contribution in [1.82, 2.24) is 0 Å². The fourth-order valence-electron chi connectivity index (χ4n) is 2.34. The number of hydrogen-bond acceptors (Lipinski definition) is 5. The number of rotatable bonds is 5. The van der Waals surface area contributed by atoms with Crippen molar-refractivity contribution in [3.63, 3.8) is 0 Å². The zero-order valence-electron chi connectivity index (χ0n) is 14.4. The van der Waals surface area contributed by atoms with Crippen molar-refractivity contribution in [2.75, 3.05) is 23.9 Å². The Morgan fingerprint density at radius 1 is 1.15 bits per heavy atom. The average Bonchev–Trinajstić information content (AvgIpc) is 2.65. The maximum absolute atomic E-state index is 12.4. The van der Waals surface area contributed by atoms with Crippen LogP contribution in [0.3, 0.4) is 0 Å². The highest BCUT2D eigenvalue weighted by atomic mass is 16.5. The molecule has 0 radical (unpaired) electrons. The summed E-state index contributed by atoms with van der Waals surface area (Å²) >= 11 is 0. The van der Waals surface area contributed by atoms with Gasteiger partial charge in [0.15, 0.2) is 0 Å². The molecule has 0 aromatic heterocycles. The molecule has 26 heavy (non-hydrogen) atoms. The number of para-hydroxylation sites is 1. The molecular weight excluding hydrogens is 334 g/mol. The third-order valence-electron chi connectivity index (χ3n) is 3.58. The van der Waals surface area contributed by atoms with Crippen LogP contribution in [0.1, 0.15) is 22.8 Å². The minimum atomic E-state index is -0.578. The monoisotopic (exact) mass is 351 g/mol. The van der Waals surface area contributed by atoms with Crippen molar-refractivity contribution in [3.8, 4) is 6.07 Å². The molecule has 2 amide bonds. The topological polar surface area (TPSA) is 99.5 Å². The van der Waals surface area contributed by atoms with E-state index < -0.39 is 11.9 Å². The van der Waals surface area contributed by atoms with Crippen molar-refractivity contribution < 1.29 is 19.1 Å². The molecule has 0 atom stereocenters. The minimum absolute atomic E-state index is 0.212. The van der Waals surface area contributed by atoms with Crippen LogP contribution in [0.15, 0.2) is 48.5 Å². The van der Waals surface area contributed by atoms with Crippen LogP contribution in [-0.4, -0.2) is 31.4 Å². The number of hydrogen-bond donors (Lipinski definition) is 1. The Labute approximate surface area is 150 Å². The van der Waals surface area contributed by atoms with Gasteiger partial charge in [0.25, 0.3) is 0 Å². The minimum Gasteiger partial charge on any atom is -0.465 e. The van der Waals surface area contributed by atoms with Crippen LogP contribution in [0.2, 0.25) is 0 Å². The molecule has 2 aromatic rings. The van der Waals surface area contributed by atoms with Gasteiger partial charge in [-0.3, -0.25) is 9.59 Å². The molecule has 1 N–H and O–H groups in total. The number of ether oxygens (including phenoxy) is 1. The van der Waals surface area contributed by atoms with E-state index in [2.05, 4.69) is 10.1 Å². The molecule has 2 rings (SSSR count). The van der Waals surface area contributed by atoms with E-state index in [1.165, 1.54) is 31.1 Å². The zero-order chi connectivity index (χ0) is 19.1. The second-order valence-electron chi connectivity index (χ2n) is 5.35. The SMILES string of the molecule is COC(=O)c1ccccc1NC(=O)CN(C(C)=O)c1cccc(C#N)c1. The summed E-state index contributed by atoms with van der Waals surface area (Å²) in [4.78, 5) is 37.4. The van der Waals surface area contributed by atoms with E-state index in [1.807, 2.05) is 6.07 Å². The van der Waals surface area contributed by atoms with Crippen molar-refractivity contribution in [2.45, 2.75) is 6.92 Å². The number of nitriles is 1. The molecule has 0 aliphatic carbocycles. The van der Waals surface area contributed by atoms with E-state index in [4.69, 9.17) is 5.26 Å². The number of esters is 1. The number of carbonyl (C=O) groups is 3. The molecule has 0 aliphatic heterocycles. The summed E-state index contributed by atoms with van der Waals surface area (Å²) in [5, 5.41) is 11.6. The van der Waals surface area contributed by atoms with Gasteiger partial charge in [0.1, 0.15) is 6.54 Å². The first-order valence-electron chi connectivity index (χ1n) is 7.71. The maximum Gasteiger partial charge on any atom is 0.339 e. The molecule has 0 bridgehead atoms. The molecular formula is C19H17N3O4. The van der Waals surface area contributed by atoms with Crippen LogP contribution in [0, 0.1) is 11.3 Å². The summed E-state index contributed by atoms with van der Waals surface area (Å²) in [6.07, 6.45) is 0. The van der Waals surface area contributed by atoms with Crippen LogP contribution in [0.4, 0.5) is 11.4 Å². The average molecular weight is 351 g/mol. The lowest BCUT2D eigenvalue weighted by Gasteiger charge is -2.21. The van der Waals surface area contributed by atoms with E-state index in [0.717, 1.165) is 0 Å². The first-order valence-corrected chi connectivity index (χ1v) is 7.71. The molecule has 0 spiro atoms. The van der Waals surface area contributed by atoms with Gasteiger partial charge in [-0.15, -0.1) is 0 Å². The van der Waals surface area contributed by atoms with E-state index in [9.17, 15) is 14.4 Å². The summed E-state index contributed by atoms with van der Waals surface area (Å²) in [5.41, 5.74) is 1.32. The summed E-state index contributed by atoms with van der Waals surface area (Å²) in [6, 6.07) is 14.8.